The van der Waals surface area contributed by atoms with Crippen molar-refractivity contribution in [3.63, 3.8) is 0 Å². The monoisotopic (exact) mass is 379 g/mol. The van der Waals surface area contributed by atoms with Gasteiger partial charge >= 0.3 is 0 Å². The highest BCUT2D eigenvalue weighted by molar-refractivity contribution is 5.38. The molecule has 3 rings (SSSR count). The number of methoxy groups -OCH3 is 1. The molecule has 1 atom stereocenters. The molecule has 0 aliphatic carbocycles. The molecule has 148 valence electrons. The zero-order chi connectivity index (χ0) is 19.8. The first-order valence-corrected chi connectivity index (χ1v) is 9.64. The number of para-hydroxylation sites is 1. The SMILES string of the molecule is COc1ccccc1C(OCCN(C)CCc1ccccc1)c1ccnn1C. The summed E-state index contributed by atoms with van der Waals surface area (Å²) in [6, 6.07) is 20.6. The van der Waals surface area contributed by atoms with E-state index in [1.807, 2.05) is 36.0 Å². The van der Waals surface area contributed by atoms with Crippen LogP contribution < -0.4 is 4.74 Å². The molecule has 0 aliphatic rings. The second-order valence-corrected chi connectivity index (χ2v) is 6.91. The predicted octanol–water partition coefficient (Wildman–Crippen LogP) is 3.71. The van der Waals surface area contributed by atoms with E-state index in [4.69, 9.17) is 9.47 Å². The molecule has 0 fully saturated rings. The van der Waals surface area contributed by atoms with Crippen LogP contribution in [0.2, 0.25) is 0 Å². The van der Waals surface area contributed by atoms with Crippen LogP contribution in [0.4, 0.5) is 0 Å². The summed E-state index contributed by atoms with van der Waals surface area (Å²) in [5.41, 5.74) is 3.38. The third-order valence-corrected chi connectivity index (χ3v) is 4.93. The fraction of sp³-hybridized carbons (Fsp3) is 0.348. The Morgan fingerprint density at radius 3 is 2.46 bits per heavy atom. The summed E-state index contributed by atoms with van der Waals surface area (Å²) in [6.07, 6.45) is 2.62. The van der Waals surface area contributed by atoms with Gasteiger partial charge in [0, 0.05) is 31.9 Å². The quantitative estimate of drug-likeness (QED) is 0.538. The van der Waals surface area contributed by atoms with Crippen LogP contribution in [0.5, 0.6) is 5.75 Å². The average molecular weight is 380 g/mol. The van der Waals surface area contributed by atoms with Crippen LogP contribution in [0.25, 0.3) is 0 Å². The van der Waals surface area contributed by atoms with E-state index in [0.29, 0.717) is 6.61 Å². The second kappa shape index (κ2) is 10.1. The van der Waals surface area contributed by atoms with Crippen molar-refractivity contribution in [1.82, 2.24) is 14.7 Å². The van der Waals surface area contributed by atoms with Gasteiger partial charge in [0.25, 0.3) is 0 Å². The Morgan fingerprint density at radius 1 is 1.00 bits per heavy atom. The molecule has 0 N–H and O–H groups in total. The third kappa shape index (κ3) is 5.21. The van der Waals surface area contributed by atoms with Gasteiger partial charge in [0.1, 0.15) is 11.9 Å². The van der Waals surface area contributed by atoms with E-state index in [1.165, 1.54) is 5.56 Å². The summed E-state index contributed by atoms with van der Waals surface area (Å²) in [6.45, 7) is 2.48. The van der Waals surface area contributed by atoms with Crippen molar-refractivity contribution < 1.29 is 9.47 Å². The van der Waals surface area contributed by atoms with Gasteiger partial charge in [-0.25, -0.2) is 0 Å². The predicted molar refractivity (Wildman–Crippen MR) is 112 cm³/mol. The molecular formula is C23H29N3O2. The van der Waals surface area contributed by atoms with E-state index in [-0.39, 0.29) is 6.10 Å². The van der Waals surface area contributed by atoms with Crippen molar-refractivity contribution in [1.29, 1.82) is 0 Å². The fourth-order valence-electron chi connectivity index (χ4n) is 3.26. The second-order valence-electron chi connectivity index (χ2n) is 6.91. The molecule has 2 aromatic carbocycles. The topological polar surface area (TPSA) is 39.5 Å². The van der Waals surface area contributed by atoms with E-state index in [9.17, 15) is 0 Å². The molecule has 1 unspecified atom stereocenters. The van der Waals surface area contributed by atoms with E-state index in [0.717, 1.165) is 36.5 Å². The van der Waals surface area contributed by atoms with Gasteiger partial charge in [-0.3, -0.25) is 4.68 Å². The molecule has 3 aromatic rings. The van der Waals surface area contributed by atoms with Crippen LogP contribution in [-0.2, 0) is 18.2 Å². The lowest BCUT2D eigenvalue weighted by Gasteiger charge is -2.23. The number of rotatable bonds is 10. The normalized spacial score (nSPS) is 12.3. The molecule has 5 heteroatoms. The molecule has 0 saturated heterocycles. The fourth-order valence-corrected chi connectivity index (χ4v) is 3.26. The number of likely N-dealkylation sites (N-methyl/N-ethyl adjacent to an activating group) is 1. The molecule has 0 aliphatic heterocycles. The molecular weight excluding hydrogens is 350 g/mol. The summed E-state index contributed by atoms with van der Waals surface area (Å²) in [5.74, 6) is 0.825. The van der Waals surface area contributed by atoms with Crippen molar-refractivity contribution in [3.8, 4) is 5.75 Å². The van der Waals surface area contributed by atoms with Crippen molar-refractivity contribution in [2.75, 3.05) is 33.9 Å². The van der Waals surface area contributed by atoms with Crippen LogP contribution in [0.3, 0.4) is 0 Å². The molecule has 0 amide bonds. The van der Waals surface area contributed by atoms with Gasteiger partial charge in [0.05, 0.1) is 19.4 Å². The summed E-state index contributed by atoms with van der Waals surface area (Å²) in [4.78, 5) is 2.30. The average Bonchev–Trinajstić information content (AvgIpc) is 3.16. The highest BCUT2D eigenvalue weighted by Crippen LogP contribution is 2.32. The van der Waals surface area contributed by atoms with Gasteiger partial charge in [0.15, 0.2) is 0 Å². The molecule has 1 heterocycles. The van der Waals surface area contributed by atoms with Gasteiger partial charge in [-0.1, -0.05) is 48.5 Å². The molecule has 5 nitrogen and oxygen atoms in total. The third-order valence-electron chi connectivity index (χ3n) is 4.93. The number of hydrogen-bond donors (Lipinski definition) is 0. The summed E-state index contributed by atoms with van der Waals surface area (Å²) >= 11 is 0. The highest BCUT2D eigenvalue weighted by Gasteiger charge is 2.21. The number of ether oxygens (including phenoxy) is 2. The highest BCUT2D eigenvalue weighted by atomic mass is 16.5. The summed E-state index contributed by atoms with van der Waals surface area (Å²) in [5, 5.41) is 4.31. The summed E-state index contributed by atoms with van der Waals surface area (Å²) < 4.78 is 13.8. The molecule has 0 radical (unpaired) electrons. The maximum Gasteiger partial charge on any atom is 0.128 e. The van der Waals surface area contributed by atoms with E-state index in [1.54, 1.807) is 13.3 Å². The number of aryl methyl sites for hydroxylation is 1. The zero-order valence-electron chi connectivity index (χ0n) is 16.9. The molecule has 0 bridgehead atoms. The smallest absolute Gasteiger partial charge is 0.128 e. The lowest BCUT2D eigenvalue weighted by molar-refractivity contribution is 0.0588. The minimum atomic E-state index is -0.217. The maximum atomic E-state index is 6.34. The lowest BCUT2D eigenvalue weighted by Crippen LogP contribution is -2.26. The van der Waals surface area contributed by atoms with Gasteiger partial charge in [0.2, 0.25) is 0 Å². The van der Waals surface area contributed by atoms with Crippen molar-refractivity contribution in [2.45, 2.75) is 12.5 Å². The van der Waals surface area contributed by atoms with Gasteiger partial charge < -0.3 is 14.4 Å². The van der Waals surface area contributed by atoms with E-state index >= 15 is 0 Å². The van der Waals surface area contributed by atoms with Crippen LogP contribution in [0, 0.1) is 0 Å². The van der Waals surface area contributed by atoms with Crippen LogP contribution in [0.15, 0.2) is 66.9 Å². The Labute approximate surface area is 167 Å². The zero-order valence-corrected chi connectivity index (χ0v) is 16.9. The number of nitrogens with zero attached hydrogens (tertiary/aromatic N) is 3. The lowest BCUT2D eigenvalue weighted by atomic mass is 10.1. The minimum absolute atomic E-state index is 0.217. The molecule has 1 aromatic heterocycles. The van der Waals surface area contributed by atoms with Crippen LogP contribution >= 0.6 is 0 Å². The number of aromatic nitrogens is 2. The van der Waals surface area contributed by atoms with Gasteiger partial charge in [-0.2, -0.15) is 5.10 Å². The van der Waals surface area contributed by atoms with Crippen molar-refractivity contribution >= 4 is 0 Å². The van der Waals surface area contributed by atoms with Crippen LogP contribution in [0.1, 0.15) is 22.9 Å². The molecule has 0 spiro atoms. The first-order chi connectivity index (χ1) is 13.7. The number of hydrogen-bond acceptors (Lipinski definition) is 4. The first-order valence-electron chi connectivity index (χ1n) is 9.64. The molecule has 28 heavy (non-hydrogen) atoms. The van der Waals surface area contributed by atoms with Crippen molar-refractivity contribution in [2.24, 2.45) is 7.05 Å². The van der Waals surface area contributed by atoms with E-state index in [2.05, 4.69) is 53.4 Å². The Kier molecular flexibility index (Phi) is 7.23. The summed E-state index contributed by atoms with van der Waals surface area (Å²) in [7, 11) is 5.76. The largest absolute Gasteiger partial charge is 0.496 e. The Bertz CT molecular complexity index is 848. The first kappa shape index (κ1) is 20.1. The van der Waals surface area contributed by atoms with Gasteiger partial charge in [-0.05, 0) is 31.2 Å². The Hall–Kier alpha value is -2.63. The standard InChI is InChI=1S/C23H29N3O2/c1-25(16-14-19-9-5-4-6-10-19)17-18-28-23(21-13-15-24-26(21)2)20-11-7-8-12-22(20)27-3/h4-13,15,23H,14,16-18H2,1-3H3. The Morgan fingerprint density at radius 2 is 1.75 bits per heavy atom. The van der Waals surface area contributed by atoms with Gasteiger partial charge in [-0.15, -0.1) is 0 Å². The van der Waals surface area contributed by atoms with Crippen molar-refractivity contribution in [3.05, 3.63) is 83.7 Å². The Balaban J connectivity index is 1.61. The number of benzene rings is 2. The van der Waals surface area contributed by atoms with E-state index < -0.39 is 0 Å². The minimum Gasteiger partial charge on any atom is -0.496 e. The molecule has 0 saturated carbocycles. The maximum absolute atomic E-state index is 6.34. The van der Waals surface area contributed by atoms with Crippen LogP contribution in [-0.4, -0.2) is 48.5 Å².